The molecule has 0 aliphatic carbocycles. The summed E-state index contributed by atoms with van der Waals surface area (Å²) in [6.07, 6.45) is 2.80. The van der Waals surface area contributed by atoms with Gasteiger partial charge >= 0.3 is 0 Å². The van der Waals surface area contributed by atoms with Crippen LogP contribution in [-0.4, -0.2) is 20.8 Å². The highest BCUT2D eigenvalue weighted by Crippen LogP contribution is 2.21. The Morgan fingerprint density at radius 1 is 1.35 bits per heavy atom. The van der Waals surface area contributed by atoms with Gasteiger partial charge in [0.05, 0.1) is 10.5 Å². The number of aryl methyl sites for hydroxylation is 1. The molecule has 20 heavy (non-hydrogen) atoms. The summed E-state index contributed by atoms with van der Waals surface area (Å²) < 4.78 is 13.9. The van der Waals surface area contributed by atoms with Crippen LogP contribution in [-0.2, 0) is 0 Å². The summed E-state index contributed by atoms with van der Waals surface area (Å²) in [6, 6.07) is 3.49. The first-order chi connectivity index (χ1) is 9.49. The molecule has 0 spiro atoms. The number of halogens is 1. The Labute approximate surface area is 112 Å². The number of nitrogens with one attached hydrogen (secondary N) is 1. The molecular weight excluding hydrogens is 267 g/mol. The van der Waals surface area contributed by atoms with E-state index < -0.39 is 22.2 Å². The molecule has 0 atom stereocenters. The maximum atomic E-state index is 13.9. The van der Waals surface area contributed by atoms with Gasteiger partial charge in [-0.05, 0) is 18.6 Å². The molecule has 2 rings (SSSR count). The number of amides is 1. The first kappa shape index (κ1) is 13.5. The Hall–Kier alpha value is -2.90. The summed E-state index contributed by atoms with van der Waals surface area (Å²) in [5, 5.41) is 13.0. The molecule has 1 amide bonds. The van der Waals surface area contributed by atoms with Gasteiger partial charge < -0.3 is 0 Å². The van der Waals surface area contributed by atoms with Crippen molar-refractivity contribution in [1.29, 1.82) is 0 Å². The number of nitro benzene ring substituents is 1. The molecule has 8 heteroatoms. The summed E-state index contributed by atoms with van der Waals surface area (Å²) in [6.45, 7) is 1.35. The average molecular weight is 276 g/mol. The molecule has 0 saturated heterocycles. The zero-order chi connectivity index (χ0) is 14.7. The molecule has 0 aliphatic rings. The van der Waals surface area contributed by atoms with Crippen LogP contribution in [0.2, 0.25) is 0 Å². The summed E-state index contributed by atoms with van der Waals surface area (Å²) in [5.74, 6) is -1.68. The fourth-order valence-electron chi connectivity index (χ4n) is 1.55. The number of hydrogen-bond acceptors (Lipinski definition) is 5. The van der Waals surface area contributed by atoms with E-state index in [1.165, 1.54) is 19.3 Å². The molecule has 0 aliphatic heterocycles. The van der Waals surface area contributed by atoms with E-state index >= 15 is 0 Å². The summed E-state index contributed by atoms with van der Waals surface area (Å²) in [7, 11) is 0. The number of non-ortho nitro benzene ring substituents is 1. The molecule has 1 aromatic carbocycles. The van der Waals surface area contributed by atoms with Crippen molar-refractivity contribution in [3.63, 3.8) is 0 Å². The van der Waals surface area contributed by atoms with Gasteiger partial charge in [-0.2, -0.15) is 0 Å². The molecule has 0 unspecified atom stereocenters. The zero-order valence-electron chi connectivity index (χ0n) is 10.3. The van der Waals surface area contributed by atoms with Crippen molar-refractivity contribution >= 4 is 17.5 Å². The second-order valence-corrected chi connectivity index (χ2v) is 3.91. The Balaban J connectivity index is 2.36. The van der Waals surface area contributed by atoms with E-state index in [4.69, 9.17) is 0 Å². The van der Waals surface area contributed by atoms with Crippen molar-refractivity contribution < 1.29 is 14.1 Å². The third-order valence-corrected chi connectivity index (χ3v) is 2.49. The van der Waals surface area contributed by atoms with Crippen LogP contribution in [0.1, 0.15) is 15.9 Å². The standard InChI is InChI=1S/C12H9FN4O3/c1-7-5-8(17(19)20)6-9(10(7)13)11(18)16-12-14-3-2-4-15-12/h2-6H,1H3,(H,14,15,16,18). The minimum atomic E-state index is -0.847. The minimum absolute atomic E-state index is 0.0123. The van der Waals surface area contributed by atoms with Gasteiger partial charge in [-0.25, -0.2) is 14.4 Å². The van der Waals surface area contributed by atoms with Crippen LogP contribution >= 0.6 is 0 Å². The van der Waals surface area contributed by atoms with Crippen molar-refractivity contribution in [3.05, 3.63) is 57.7 Å². The SMILES string of the molecule is Cc1cc([N+](=O)[O-])cc(C(=O)Nc2ncccn2)c1F. The molecule has 0 saturated carbocycles. The van der Waals surface area contributed by atoms with Crippen LogP contribution < -0.4 is 5.32 Å². The van der Waals surface area contributed by atoms with Crippen LogP contribution in [0.15, 0.2) is 30.6 Å². The van der Waals surface area contributed by atoms with Gasteiger partial charge in [0.2, 0.25) is 5.95 Å². The second kappa shape index (κ2) is 5.39. The van der Waals surface area contributed by atoms with Crippen LogP contribution in [0.5, 0.6) is 0 Å². The third-order valence-electron chi connectivity index (χ3n) is 2.49. The first-order valence-electron chi connectivity index (χ1n) is 5.52. The first-order valence-corrected chi connectivity index (χ1v) is 5.52. The maximum absolute atomic E-state index is 13.9. The quantitative estimate of drug-likeness (QED) is 0.683. The minimum Gasteiger partial charge on any atom is -0.290 e. The van der Waals surface area contributed by atoms with E-state index in [2.05, 4.69) is 15.3 Å². The number of hydrogen-bond donors (Lipinski definition) is 1. The second-order valence-electron chi connectivity index (χ2n) is 3.91. The summed E-state index contributed by atoms with van der Waals surface area (Å²) in [4.78, 5) is 29.4. The van der Waals surface area contributed by atoms with Gasteiger partial charge in [0.15, 0.2) is 0 Å². The Kier molecular flexibility index (Phi) is 3.65. The molecule has 102 valence electrons. The molecule has 2 aromatic rings. The van der Waals surface area contributed by atoms with Gasteiger partial charge in [0.25, 0.3) is 11.6 Å². The van der Waals surface area contributed by atoms with E-state index in [0.29, 0.717) is 0 Å². The molecule has 0 fully saturated rings. The van der Waals surface area contributed by atoms with Crippen molar-refractivity contribution in [3.8, 4) is 0 Å². The lowest BCUT2D eigenvalue weighted by molar-refractivity contribution is -0.385. The lowest BCUT2D eigenvalue weighted by Gasteiger charge is -2.06. The molecule has 1 N–H and O–H groups in total. The van der Waals surface area contributed by atoms with Gasteiger partial charge in [0.1, 0.15) is 5.82 Å². The maximum Gasteiger partial charge on any atom is 0.270 e. The lowest BCUT2D eigenvalue weighted by atomic mass is 10.1. The summed E-state index contributed by atoms with van der Waals surface area (Å²) >= 11 is 0. The Bertz CT molecular complexity index is 676. The Morgan fingerprint density at radius 2 is 2.00 bits per heavy atom. The number of benzene rings is 1. The number of nitro groups is 1. The van der Waals surface area contributed by atoms with Gasteiger partial charge in [-0.1, -0.05) is 0 Å². The predicted molar refractivity (Wildman–Crippen MR) is 67.8 cm³/mol. The van der Waals surface area contributed by atoms with Crippen molar-refractivity contribution in [2.45, 2.75) is 6.92 Å². The summed E-state index contributed by atoms with van der Waals surface area (Å²) in [5.41, 5.74) is -0.773. The average Bonchev–Trinajstić information content (AvgIpc) is 2.42. The van der Waals surface area contributed by atoms with E-state index in [1.807, 2.05) is 0 Å². The van der Waals surface area contributed by atoms with Crippen molar-refractivity contribution in [1.82, 2.24) is 9.97 Å². The molecule has 1 heterocycles. The van der Waals surface area contributed by atoms with Crippen molar-refractivity contribution in [2.75, 3.05) is 5.32 Å². The highest BCUT2D eigenvalue weighted by molar-refractivity contribution is 6.04. The fraction of sp³-hybridized carbons (Fsp3) is 0.0833. The topological polar surface area (TPSA) is 98.0 Å². The number of rotatable bonds is 3. The fourth-order valence-corrected chi connectivity index (χ4v) is 1.55. The zero-order valence-corrected chi connectivity index (χ0v) is 10.3. The molecule has 1 aromatic heterocycles. The normalized spacial score (nSPS) is 10.1. The molecule has 0 radical (unpaired) electrons. The largest absolute Gasteiger partial charge is 0.290 e. The highest BCUT2D eigenvalue weighted by Gasteiger charge is 2.20. The number of anilines is 1. The predicted octanol–water partition coefficient (Wildman–Crippen LogP) is 2.08. The Morgan fingerprint density at radius 3 is 2.60 bits per heavy atom. The van der Waals surface area contributed by atoms with Gasteiger partial charge in [0, 0.05) is 24.5 Å². The van der Waals surface area contributed by atoms with E-state index in [-0.39, 0.29) is 17.2 Å². The van der Waals surface area contributed by atoms with Gasteiger partial charge in [-0.3, -0.25) is 20.2 Å². The van der Waals surface area contributed by atoms with E-state index in [9.17, 15) is 19.3 Å². The van der Waals surface area contributed by atoms with E-state index in [1.54, 1.807) is 6.07 Å². The van der Waals surface area contributed by atoms with Crippen molar-refractivity contribution in [2.24, 2.45) is 0 Å². The number of carbonyl (C=O) groups excluding carboxylic acids is 1. The highest BCUT2D eigenvalue weighted by atomic mass is 19.1. The monoisotopic (exact) mass is 276 g/mol. The van der Waals surface area contributed by atoms with Gasteiger partial charge in [-0.15, -0.1) is 0 Å². The number of carbonyl (C=O) groups is 1. The van der Waals surface area contributed by atoms with E-state index in [0.717, 1.165) is 12.1 Å². The number of nitrogens with zero attached hydrogens (tertiary/aromatic N) is 3. The molecule has 7 nitrogen and oxygen atoms in total. The number of aromatic nitrogens is 2. The van der Waals surface area contributed by atoms with Crippen LogP contribution in [0.4, 0.5) is 16.0 Å². The third kappa shape index (κ3) is 2.74. The molecule has 0 bridgehead atoms. The van der Waals surface area contributed by atoms with Crippen LogP contribution in [0, 0.1) is 22.9 Å². The van der Waals surface area contributed by atoms with Crippen LogP contribution in [0.25, 0.3) is 0 Å². The smallest absolute Gasteiger partial charge is 0.270 e. The lowest BCUT2D eigenvalue weighted by Crippen LogP contribution is -2.16. The van der Waals surface area contributed by atoms with Crippen LogP contribution in [0.3, 0.4) is 0 Å². The molecular formula is C12H9FN4O3.